The summed E-state index contributed by atoms with van der Waals surface area (Å²) in [6.45, 7) is 1.62. The Morgan fingerprint density at radius 1 is 1.06 bits per heavy atom. The van der Waals surface area contributed by atoms with Gasteiger partial charge in [-0.25, -0.2) is 4.98 Å². The van der Waals surface area contributed by atoms with Crippen molar-refractivity contribution in [3.05, 3.63) is 94.5 Å². The summed E-state index contributed by atoms with van der Waals surface area (Å²) in [6, 6.07) is 22.7. The minimum Gasteiger partial charge on any atom is -0.484 e. The summed E-state index contributed by atoms with van der Waals surface area (Å²) in [5.74, 6) is 0.761. The third kappa shape index (κ3) is 4.28. The molecule has 1 amide bonds. The van der Waals surface area contributed by atoms with Gasteiger partial charge in [0.05, 0.1) is 28.2 Å². The Bertz CT molecular complexity index is 1350. The molecule has 1 N–H and O–H groups in total. The summed E-state index contributed by atoms with van der Waals surface area (Å²) in [5, 5.41) is 12.1. The third-order valence-corrected chi connectivity index (χ3v) is 4.71. The first-order valence-corrected chi connectivity index (χ1v) is 9.57. The molecule has 0 unspecified atom stereocenters. The number of hydrogen-bond donors (Lipinski definition) is 1. The van der Waals surface area contributed by atoms with Crippen molar-refractivity contribution >= 4 is 22.5 Å². The van der Waals surface area contributed by atoms with E-state index in [1.54, 1.807) is 66.1 Å². The zero-order valence-corrected chi connectivity index (χ0v) is 16.7. The van der Waals surface area contributed by atoms with Gasteiger partial charge in [-0.2, -0.15) is 5.26 Å². The second-order valence-corrected chi connectivity index (χ2v) is 6.84. The molecule has 0 spiro atoms. The first kappa shape index (κ1) is 19.9. The maximum atomic E-state index is 12.9. The van der Waals surface area contributed by atoms with Crippen LogP contribution in [0.1, 0.15) is 11.4 Å². The molecule has 0 aliphatic carbocycles. The highest BCUT2D eigenvalue weighted by Gasteiger charge is 2.10. The molecule has 0 fully saturated rings. The normalized spacial score (nSPS) is 10.5. The molecule has 31 heavy (non-hydrogen) atoms. The molecule has 7 nitrogen and oxygen atoms in total. The highest BCUT2D eigenvalue weighted by atomic mass is 16.5. The lowest BCUT2D eigenvalue weighted by Gasteiger charge is -2.12. The maximum absolute atomic E-state index is 12.9. The number of anilines is 1. The lowest BCUT2D eigenvalue weighted by Crippen LogP contribution is -2.22. The first-order valence-electron chi connectivity index (χ1n) is 9.57. The van der Waals surface area contributed by atoms with Gasteiger partial charge in [-0.1, -0.05) is 12.1 Å². The van der Waals surface area contributed by atoms with E-state index in [9.17, 15) is 9.59 Å². The molecule has 0 aliphatic rings. The molecule has 0 radical (unpaired) electrons. The van der Waals surface area contributed by atoms with Crippen LogP contribution in [0.3, 0.4) is 0 Å². The lowest BCUT2D eigenvalue weighted by molar-refractivity contribution is -0.118. The molecule has 7 heteroatoms. The molecule has 4 rings (SSSR count). The Morgan fingerprint density at radius 3 is 2.48 bits per heavy atom. The van der Waals surface area contributed by atoms with Crippen molar-refractivity contribution in [3.8, 4) is 17.5 Å². The molecule has 0 saturated carbocycles. The molecule has 0 aliphatic heterocycles. The summed E-state index contributed by atoms with van der Waals surface area (Å²) < 4.78 is 6.97. The molecule has 1 heterocycles. The first-order chi connectivity index (χ1) is 15.0. The van der Waals surface area contributed by atoms with Gasteiger partial charge in [-0.15, -0.1) is 0 Å². The van der Waals surface area contributed by atoms with Gasteiger partial charge in [0, 0.05) is 5.69 Å². The van der Waals surface area contributed by atoms with E-state index < -0.39 is 0 Å². The Kier molecular flexibility index (Phi) is 5.45. The number of hydrogen-bond acceptors (Lipinski definition) is 5. The van der Waals surface area contributed by atoms with E-state index in [4.69, 9.17) is 10.00 Å². The van der Waals surface area contributed by atoms with Gasteiger partial charge in [-0.3, -0.25) is 14.2 Å². The number of amides is 1. The SMILES string of the molecule is Cc1nc2ccccc2c(=O)n1-c1ccc(NC(=O)COc2ccc(C#N)cc2)cc1. The van der Waals surface area contributed by atoms with Crippen molar-refractivity contribution in [1.29, 1.82) is 5.26 Å². The highest BCUT2D eigenvalue weighted by molar-refractivity contribution is 5.92. The van der Waals surface area contributed by atoms with E-state index in [2.05, 4.69) is 10.3 Å². The second kappa shape index (κ2) is 8.51. The quantitative estimate of drug-likeness (QED) is 0.542. The van der Waals surface area contributed by atoms with Gasteiger partial charge in [0.2, 0.25) is 0 Å². The number of nitrogens with zero attached hydrogens (tertiary/aromatic N) is 3. The Balaban J connectivity index is 1.46. The van der Waals surface area contributed by atoms with Gasteiger partial charge in [0.15, 0.2) is 6.61 Å². The zero-order chi connectivity index (χ0) is 21.8. The van der Waals surface area contributed by atoms with Crippen LogP contribution in [-0.4, -0.2) is 22.1 Å². The topological polar surface area (TPSA) is 97.0 Å². The number of para-hydroxylation sites is 1. The standard InChI is InChI=1S/C24H18N4O3/c1-16-26-22-5-3-2-4-21(22)24(30)28(16)19-10-8-18(9-11-19)27-23(29)15-31-20-12-6-17(14-25)7-13-20/h2-13H,15H2,1H3,(H,27,29). The van der Waals surface area contributed by atoms with Crippen LogP contribution in [0, 0.1) is 18.3 Å². The minimum absolute atomic E-state index is 0.143. The van der Waals surface area contributed by atoms with Crippen molar-refractivity contribution < 1.29 is 9.53 Å². The fourth-order valence-corrected chi connectivity index (χ4v) is 3.21. The van der Waals surface area contributed by atoms with E-state index in [-0.39, 0.29) is 18.1 Å². The van der Waals surface area contributed by atoms with Crippen LogP contribution in [0.15, 0.2) is 77.6 Å². The van der Waals surface area contributed by atoms with Crippen LogP contribution in [-0.2, 0) is 4.79 Å². The largest absolute Gasteiger partial charge is 0.484 e. The van der Waals surface area contributed by atoms with Crippen molar-refractivity contribution in [2.75, 3.05) is 11.9 Å². The fourth-order valence-electron chi connectivity index (χ4n) is 3.21. The second-order valence-electron chi connectivity index (χ2n) is 6.84. The van der Waals surface area contributed by atoms with E-state index >= 15 is 0 Å². The van der Waals surface area contributed by atoms with E-state index in [0.29, 0.717) is 39.4 Å². The number of carbonyl (C=O) groups is 1. The number of nitriles is 1. The molecular weight excluding hydrogens is 392 g/mol. The monoisotopic (exact) mass is 410 g/mol. The Hall–Kier alpha value is -4.44. The van der Waals surface area contributed by atoms with Gasteiger partial charge < -0.3 is 10.1 Å². The average Bonchev–Trinajstić information content (AvgIpc) is 2.79. The van der Waals surface area contributed by atoms with Crippen molar-refractivity contribution in [2.45, 2.75) is 6.92 Å². The number of fused-ring (bicyclic) bond motifs is 1. The van der Waals surface area contributed by atoms with Crippen LogP contribution >= 0.6 is 0 Å². The Labute approximate surface area is 178 Å². The van der Waals surface area contributed by atoms with Crippen molar-refractivity contribution in [3.63, 3.8) is 0 Å². The number of aryl methyl sites for hydroxylation is 1. The summed E-state index contributed by atoms with van der Waals surface area (Å²) in [4.78, 5) is 29.6. The molecule has 3 aromatic carbocycles. The lowest BCUT2D eigenvalue weighted by atomic mass is 10.2. The molecule has 0 bridgehead atoms. The number of benzene rings is 3. The maximum Gasteiger partial charge on any atom is 0.265 e. The predicted octanol–water partition coefficient (Wildman–Crippen LogP) is 3.58. The van der Waals surface area contributed by atoms with Gasteiger partial charge in [0.1, 0.15) is 11.6 Å². The number of rotatable bonds is 5. The van der Waals surface area contributed by atoms with Gasteiger partial charge in [0.25, 0.3) is 11.5 Å². The number of nitrogens with one attached hydrogen (secondary N) is 1. The summed E-state index contributed by atoms with van der Waals surface area (Å²) >= 11 is 0. The minimum atomic E-state index is -0.321. The molecule has 0 saturated heterocycles. The number of carbonyl (C=O) groups excluding carboxylic acids is 1. The Morgan fingerprint density at radius 2 is 1.77 bits per heavy atom. The van der Waals surface area contributed by atoms with Crippen LogP contribution in [0.5, 0.6) is 5.75 Å². The molecule has 1 aromatic heterocycles. The fraction of sp³-hybridized carbons (Fsp3) is 0.0833. The number of ether oxygens (including phenoxy) is 1. The van der Waals surface area contributed by atoms with Crippen LogP contribution < -0.4 is 15.6 Å². The van der Waals surface area contributed by atoms with Crippen LogP contribution in [0.4, 0.5) is 5.69 Å². The number of aromatic nitrogens is 2. The van der Waals surface area contributed by atoms with Crippen LogP contribution in [0.2, 0.25) is 0 Å². The summed E-state index contributed by atoms with van der Waals surface area (Å²) in [6.07, 6.45) is 0. The van der Waals surface area contributed by atoms with Crippen molar-refractivity contribution in [1.82, 2.24) is 9.55 Å². The zero-order valence-electron chi connectivity index (χ0n) is 16.7. The molecule has 4 aromatic rings. The molecule has 0 atom stereocenters. The smallest absolute Gasteiger partial charge is 0.265 e. The molecule has 152 valence electrons. The van der Waals surface area contributed by atoms with E-state index in [1.165, 1.54) is 0 Å². The van der Waals surface area contributed by atoms with E-state index in [0.717, 1.165) is 0 Å². The van der Waals surface area contributed by atoms with Gasteiger partial charge in [-0.05, 0) is 67.6 Å². The molecular formula is C24H18N4O3. The van der Waals surface area contributed by atoms with Gasteiger partial charge >= 0.3 is 0 Å². The summed E-state index contributed by atoms with van der Waals surface area (Å²) in [7, 11) is 0. The van der Waals surface area contributed by atoms with Crippen molar-refractivity contribution in [2.24, 2.45) is 0 Å². The third-order valence-electron chi connectivity index (χ3n) is 4.71. The average molecular weight is 410 g/mol. The predicted molar refractivity (Wildman–Crippen MR) is 117 cm³/mol. The summed E-state index contributed by atoms with van der Waals surface area (Å²) in [5.41, 5.74) is 2.28. The highest BCUT2D eigenvalue weighted by Crippen LogP contribution is 2.16. The van der Waals surface area contributed by atoms with Crippen LogP contribution in [0.25, 0.3) is 16.6 Å². The van der Waals surface area contributed by atoms with E-state index in [1.807, 2.05) is 24.3 Å².